The maximum absolute atomic E-state index is 11.6. The summed E-state index contributed by atoms with van der Waals surface area (Å²) in [7, 11) is -3.63. The molecule has 0 amide bonds. The summed E-state index contributed by atoms with van der Waals surface area (Å²) in [6, 6.07) is 6.10. The number of nitrogens with one attached hydrogen (secondary N) is 1. The average Bonchev–Trinajstić information content (AvgIpc) is 2.17. The third kappa shape index (κ3) is 2.48. The van der Waals surface area contributed by atoms with Crippen LogP contribution in [0, 0.1) is 11.3 Å². The Morgan fingerprint density at radius 2 is 2.20 bits per heavy atom. The number of rotatable bonds is 3. The second kappa shape index (κ2) is 4.62. The largest absolute Gasteiger partial charge is 0.241 e. The molecule has 0 aliphatic rings. The molecule has 0 aliphatic heterocycles. The predicted octanol–water partition coefficient (Wildman–Crippen LogP) is 1.51. The molecule has 0 fully saturated rings. The highest BCUT2D eigenvalue weighted by Crippen LogP contribution is 2.22. The van der Waals surface area contributed by atoms with Crippen LogP contribution in [0.25, 0.3) is 0 Å². The van der Waals surface area contributed by atoms with E-state index in [9.17, 15) is 8.42 Å². The molecular weight excluding hydrogens is 236 g/mol. The molecule has 0 aliphatic carbocycles. The van der Waals surface area contributed by atoms with E-state index < -0.39 is 10.0 Å². The lowest BCUT2D eigenvalue weighted by atomic mass is 10.2. The Kier molecular flexibility index (Phi) is 3.69. The average molecular weight is 245 g/mol. The van der Waals surface area contributed by atoms with Crippen molar-refractivity contribution in [3.63, 3.8) is 0 Å². The van der Waals surface area contributed by atoms with Crippen LogP contribution in [-0.4, -0.2) is 15.0 Å². The zero-order valence-corrected chi connectivity index (χ0v) is 9.56. The lowest BCUT2D eigenvalue weighted by molar-refractivity contribution is 0.583. The zero-order valence-electron chi connectivity index (χ0n) is 7.99. The van der Waals surface area contributed by atoms with Crippen molar-refractivity contribution in [1.29, 1.82) is 5.26 Å². The SMILES string of the molecule is CCNS(=O)(=O)c1cccc(Cl)c1C#N. The molecule has 1 aromatic carbocycles. The summed E-state index contributed by atoms with van der Waals surface area (Å²) in [4.78, 5) is -0.0839. The quantitative estimate of drug-likeness (QED) is 0.876. The predicted molar refractivity (Wildman–Crippen MR) is 57.0 cm³/mol. The number of sulfonamides is 1. The molecule has 15 heavy (non-hydrogen) atoms. The number of nitrogens with zero attached hydrogens (tertiary/aromatic N) is 1. The van der Waals surface area contributed by atoms with Crippen molar-refractivity contribution in [2.24, 2.45) is 0 Å². The van der Waals surface area contributed by atoms with E-state index in [1.54, 1.807) is 13.0 Å². The van der Waals surface area contributed by atoms with Crippen molar-refractivity contribution in [3.05, 3.63) is 28.8 Å². The number of benzene rings is 1. The van der Waals surface area contributed by atoms with Crippen molar-refractivity contribution in [1.82, 2.24) is 4.72 Å². The Balaban J connectivity index is 3.40. The van der Waals surface area contributed by atoms with Crippen molar-refractivity contribution in [3.8, 4) is 6.07 Å². The van der Waals surface area contributed by atoms with Crippen LogP contribution in [0.1, 0.15) is 12.5 Å². The number of hydrogen-bond donors (Lipinski definition) is 1. The summed E-state index contributed by atoms with van der Waals surface area (Å²) < 4.78 is 25.6. The van der Waals surface area contributed by atoms with Crippen LogP contribution in [0.5, 0.6) is 0 Å². The smallest absolute Gasteiger partial charge is 0.211 e. The topological polar surface area (TPSA) is 70.0 Å². The lowest BCUT2D eigenvalue weighted by Gasteiger charge is -2.06. The third-order valence-corrected chi connectivity index (χ3v) is 3.61. The summed E-state index contributed by atoms with van der Waals surface area (Å²) in [6.07, 6.45) is 0. The fourth-order valence-corrected chi connectivity index (χ4v) is 2.59. The molecule has 1 aromatic rings. The molecule has 0 spiro atoms. The van der Waals surface area contributed by atoms with E-state index in [0.29, 0.717) is 0 Å². The molecule has 0 aromatic heterocycles. The fourth-order valence-electron chi connectivity index (χ4n) is 1.10. The van der Waals surface area contributed by atoms with Gasteiger partial charge in [-0.05, 0) is 12.1 Å². The van der Waals surface area contributed by atoms with Gasteiger partial charge in [-0.3, -0.25) is 0 Å². The van der Waals surface area contributed by atoms with Crippen LogP contribution in [-0.2, 0) is 10.0 Å². The first-order valence-electron chi connectivity index (χ1n) is 4.21. The molecule has 0 bridgehead atoms. The van der Waals surface area contributed by atoms with Crippen molar-refractivity contribution >= 4 is 21.6 Å². The molecule has 0 saturated carbocycles. The molecule has 6 heteroatoms. The Labute approximate surface area is 93.5 Å². The fraction of sp³-hybridized carbons (Fsp3) is 0.222. The Hall–Kier alpha value is -1.09. The summed E-state index contributed by atoms with van der Waals surface area (Å²) >= 11 is 5.72. The van der Waals surface area contributed by atoms with Gasteiger partial charge in [-0.1, -0.05) is 24.6 Å². The van der Waals surface area contributed by atoms with Crippen molar-refractivity contribution in [2.45, 2.75) is 11.8 Å². The van der Waals surface area contributed by atoms with Gasteiger partial charge in [0, 0.05) is 6.54 Å². The van der Waals surface area contributed by atoms with Gasteiger partial charge in [0.05, 0.1) is 10.6 Å². The summed E-state index contributed by atoms with van der Waals surface area (Å²) in [5.74, 6) is 0. The third-order valence-electron chi connectivity index (χ3n) is 1.71. The molecule has 0 radical (unpaired) electrons. The van der Waals surface area contributed by atoms with Crippen molar-refractivity contribution in [2.75, 3.05) is 6.54 Å². The maximum atomic E-state index is 11.6. The number of halogens is 1. The van der Waals surface area contributed by atoms with E-state index in [2.05, 4.69) is 4.72 Å². The van der Waals surface area contributed by atoms with Crippen LogP contribution in [0.15, 0.2) is 23.1 Å². The van der Waals surface area contributed by atoms with Crippen LogP contribution in [0.4, 0.5) is 0 Å². The number of hydrogen-bond acceptors (Lipinski definition) is 3. The Bertz CT molecular complexity index is 505. The molecule has 1 rings (SSSR count). The maximum Gasteiger partial charge on any atom is 0.241 e. The van der Waals surface area contributed by atoms with E-state index in [0.717, 1.165) is 0 Å². The Morgan fingerprint density at radius 3 is 2.73 bits per heavy atom. The molecular formula is C9H9ClN2O2S. The molecule has 0 saturated heterocycles. The first-order chi connectivity index (χ1) is 7.03. The lowest BCUT2D eigenvalue weighted by Crippen LogP contribution is -2.24. The molecule has 4 nitrogen and oxygen atoms in total. The highest BCUT2D eigenvalue weighted by molar-refractivity contribution is 7.89. The first-order valence-corrected chi connectivity index (χ1v) is 6.07. The summed E-state index contributed by atoms with van der Waals surface area (Å²) in [5.41, 5.74) is -0.0277. The van der Waals surface area contributed by atoms with Crippen LogP contribution >= 0.6 is 11.6 Å². The Morgan fingerprint density at radius 1 is 1.53 bits per heavy atom. The van der Waals surface area contributed by atoms with Gasteiger partial charge >= 0.3 is 0 Å². The second-order valence-electron chi connectivity index (χ2n) is 2.73. The molecule has 0 heterocycles. The van der Waals surface area contributed by atoms with Crippen LogP contribution in [0.2, 0.25) is 5.02 Å². The van der Waals surface area contributed by atoms with Gasteiger partial charge in [0.1, 0.15) is 11.0 Å². The molecule has 0 unspecified atom stereocenters. The van der Waals surface area contributed by atoms with Gasteiger partial charge in [-0.2, -0.15) is 5.26 Å². The highest BCUT2D eigenvalue weighted by Gasteiger charge is 2.18. The van der Waals surface area contributed by atoms with Gasteiger partial charge < -0.3 is 0 Å². The highest BCUT2D eigenvalue weighted by atomic mass is 35.5. The van der Waals surface area contributed by atoms with E-state index in [4.69, 9.17) is 16.9 Å². The van der Waals surface area contributed by atoms with E-state index in [1.807, 2.05) is 0 Å². The van der Waals surface area contributed by atoms with Crippen LogP contribution < -0.4 is 4.72 Å². The number of nitriles is 1. The van der Waals surface area contributed by atoms with Gasteiger partial charge in [0.15, 0.2) is 0 Å². The first kappa shape index (κ1) is 12.0. The van der Waals surface area contributed by atoms with E-state index in [-0.39, 0.29) is 22.0 Å². The minimum atomic E-state index is -3.63. The molecule has 0 atom stereocenters. The monoisotopic (exact) mass is 244 g/mol. The summed E-state index contributed by atoms with van der Waals surface area (Å²) in [6.45, 7) is 1.92. The van der Waals surface area contributed by atoms with Gasteiger partial charge in [0.2, 0.25) is 10.0 Å². The van der Waals surface area contributed by atoms with Gasteiger partial charge in [-0.25, -0.2) is 13.1 Å². The van der Waals surface area contributed by atoms with Crippen LogP contribution in [0.3, 0.4) is 0 Å². The van der Waals surface area contributed by atoms with Gasteiger partial charge in [-0.15, -0.1) is 0 Å². The molecule has 1 N–H and O–H groups in total. The summed E-state index contributed by atoms with van der Waals surface area (Å²) in [5, 5.41) is 8.94. The standard InChI is InChI=1S/C9H9ClN2O2S/c1-2-12-15(13,14)9-5-3-4-8(10)7(9)6-11/h3-5,12H,2H2,1H3. The minimum absolute atomic E-state index is 0.0277. The molecule has 80 valence electrons. The van der Waals surface area contributed by atoms with Crippen molar-refractivity contribution < 1.29 is 8.42 Å². The minimum Gasteiger partial charge on any atom is -0.211 e. The normalized spacial score (nSPS) is 11.0. The van der Waals surface area contributed by atoms with E-state index >= 15 is 0 Å². The zero-order chi connectivity index (χ0) is 11.5. The van der Waals surface area contributed by atoms with Gasteiger partial charge in [0.25, 0.3) is 0 Å². The second-order valence-corrected chi connectivity index (χ2v) is 4.87. The van der Waals surface area contributed by atoms with E-state index in [1.165, 1.54) is 18.2 Å².